The maximum absolute atomic E-state index is 10.7. The molecular weight excluding hydrogens is 218 g/mol. The molecule has 0 aliphatic carbocycles. The van der Waals surface area contributed by atoms with Crippen LogP contribution in [0, 0.1) is 0 Å². The Hall–Kier alpha value is -1.52. The molecule has 0 aliphatic rings. The number of rotatable bonds is 3. The van der Waals surface area contributed by atoms with Gasteiger partial charge in [0.25, 0.3) is 0 Å². The van der Waals surface area contributed by atoms with Crippen molar-refractivity contribution in [2.24, 2.45) is 5.90 Å². The first-order valence-electron chi connectivity index (χ1n) is 4.13. The van der Waals surface area contributed by atoms with Crippen LogP contribution in [0.1, 0.15) is 12.5 Å². The van der Waals surface area contributed by atoms with Crippen molar-refractivity contribution in [1.29, 1.82) is 0 Å². The summed E-state index contributed by atoms with van der Waals surface area (Å²) in [4.78, 5) is 15.0. The standard InChI is InChI=1S/C10H10ClNO3/c1-6(9(15-12)10(13)14)7-2-4-8(11)5-3-7/h2-5H,12H2,1H3,(H,13,14). The molecule has 1 aromatic rings. The number of hydrogen-bond donors (Lipinski definition) is 2. The van der Waals surface area contributed by atoms with Crippen LogP contribution >= 0.6 is 11.6 Å². The number of hydrogen-bond acceptors (Lipinski definition) is 3. The largest absolute Gasteiger partial charge is 0.475 e. The van der Waals surface area contributed by atoms with Crippen LogP contribution in [0.4, 0.5) is 0 Å². The number of nitrogens with two attached hydrogens (primary N) is 1. The van der Waals surface area contributed by atoms with Gasteiger partial charge in [0, 0.05) is 10.6 Å². The van der Waals surface area contributed by atoms with Gasteiger partial charge in [-0.3, -0.25) is 0 Å². The highest BCUT2D eigenvalue weighted by molar-refractivity contribution is 6.30. The van der Waals surface area contributed by atoms with E-state index in [-0.39, 0.29) is 5.76 Å². The van der Waals surface area contributed by atoms with Gasteiger partial charge in [-0.15, -0.1) is 0 Å². The van der Waals surface area contributed by atoms with E-state index in [0.29, 0.717) is 16.2 Å². The van der Waals surface area contributed by atoms with E-state index in [1.54, 1.807) is 31.2 Å². The minimum Gasteiger partial charge on any atom is -0.475 e. The minimum atomic E-state index is -1.20. The number of allylic oxidation sites excluding steroid dienone is 1. The summed E-state index contributed by atoms with van der Waals surface area (Å²) in [6.45, 7) is 1.61. The zero-order chi connectivity index (χ0) is 11.4. The molecular formula is C10H10ClNO3. The first kappa shape index (κ1) is 11.6. The molecule has 0 saturated carbocycles. The number of benzene rings is 1. The molecule has 0 fully saturated rings. The van der Waals surface area contributed by atoms with Gasteiger partial charge in [-0.2, -0.15) is 5.90 Å². The second-order valence-corrected chi connectivity index (χ2v) is 3.32. The van der Waals surface area contributed by atoms with Gasteiger partial charge in [0.15, 0.2) is 0 Å². The summed E-state index contributed by atoms with van der Waals surface area (Å²) >= 11 is 5.70. The van der Waals surface area contributed by atoms with Crippen LogP contribution in [0.5, 0.6) is 0 Å². The molecule has 1 rings (SSSR count). The SMILES string of the molecule is CC(=C(ON)C(=O)O)c1ccc(Cl)cc1. The van der Waals surface area contributed by atoms with Crippen molar-refractivity contribution in [2.45, 2.75) is 6.92 Å². The number of aliphatic carboxylic acids is 1. The summed E-state index contributed by atoms with van der Waals surface area (Å²) in [5, 5.41) is 9.35. The van der Waals surface area contributed by atoms with Crippen LogP contribution in [-0.4, -0.2) is 11.1 Å². The fraction of sp³-hybridized carbons (Fsp3) is 0.100. The Morgan fingerprint density at radius 2 is 1.93 bits per heavy atom. The van der Waals surface area contributed by atoms with E-state index < -0.39 is 5.97 Å². The molecule has 4 nitrogen and oxygen atoms in total. The summed E-state index contributed by atoms with van der Waals surface area (Å²) < 4.78 is 0. The highest BCUT2D eigenvalue weighted by Crippen LogP contribution is 2.20. The lowest BCUT2D eigenvalue weighted by Gasteiger charge is -2.06. The van der Waals surface area contributed by atoms with Crippen LogP contribution < -0.4 is 5.90 Å². The van der Waals surface area contributed by atoms with Gasteiger partial charge in [0.1, 0.15) is 0 Å². The summed E-state index contributed by atoms with van der Waals surface area (Å²) in [6, 6.07) is 6.71. The van der Waals surface area contributed by atoms with Crippen LogP contribution in [0.15, 0.2) is 30.0 Å². The molecule has 1 aromatic carbocycles. The van der Waals surface area contributed by atoms with Crippen molar-refractivity contribution in [3.05, 3.63) is 40.6 Å². The quantitative estimate of drug-likeness (QED) is 0.471. The van der Waals surface area contributed by atoms with Crippen LogP contribution in [0.25, 0.3) is 5.57 Å². The van der Waals surface area contributed by atoms with E-state index in [9.17, 15) is 4.79 Å². The van der Waals surface area contributed by atoms with E-state index in [4.69, 9.17) is 22.6 Å². The van der Waals surface area contributed by atoms with Gasteiger partial charge in [0.05, 0.1) is 0 Å². The predicted octanol–water partition coefficient (Wildman–Crippen LogP) is 2.05. The van der Waals surface area contributed by atoms with Crippen molar-refractivity contribution >= 4 is 23.1 Å². The molecule has 0 bridgehead atoms. The lowest BCUT2D eigenvalue weighted by molar-refractivity contribution is -0.136. The van der Waals surface area contributed by atoms with Crippen molar-refractivity contribution in [3.63, 3.8) is 0 Å². The Kier molecular flexibility index (Phi) is 3.71. The fourth-order valence-corrected chi connectivity index (χ4v) is 1.26. The maximum Gasteiger partial charge on any atom is 0.374 e. The highest BCUT2D eigenvalue weighted by atomic mass is 35.5. The smallest absolute Gasteiger partial charge is 0.374 e. The molecule has 0 heterocycles. The molecule has 0 unspecified atom stereocenters. The van der Waals surface area contributed by atoms with Crippen LogP contribution in [0.2, 0.25) is 5.02 Å². The normalized spacial score (nSPS) is 11.9. The molecule has 5 heteroatoms. The van der Waals surface area contributed by atoms with E-state index in [1.165, 1.54) is 0 Å². The van der Waals surface area contributed by atoms with Crippen molar-refractivity contribution in [1.82, 2.24) is 0 Å². The fourth-order valence-electron chi connectivity index (χ4n) is 1.13. The second-order valence-electron chi connectivity index (χ2n) is 2.88. The molecule has 0 spiro atoms. The number of carboxylic acids is 1. The second kappa shape index (κ2) is 4.82. The number of carboxylic acid groups (broad SMARTS) is 1. The monoisotopic (exact) mass is 227 g/mol. The Bertz CT molecular complexity index is 398. The third-order valence-corrected chi connectivity index (χ3v) is 2.18. The molecule has 3 N–H and O–H groups in total. The van der Waals surface area contributed by atoms with E-state index >= 15 is 0 Å². The zero-order valence-corrected chi connectivity index (χ0v) is 8.78. The Morgan fingerprint density at radius 1 is 1.40 bits per heavy atom. The van der Waals surface area contributed by atoms with Crippen LogP contribution in [-0.2, 0) is 9.63 Å². The third-order valence-electron chi connectivity index (χ3n) is 1.93. The van der Waals surface area contributed by atoms with Gasteiger partial charge in [-0.1, -0.05) is 23.7 Å². The molecule has 15 heavy (non-hydrogen) atoms. The third kappa shape index (κ3) is 2.71. The van der Waals surface area contributed by atoms with Crippen LogP contribution in [0.3, 0.4) is 0 Å². The van der Waals surface area contributed by atoms with Crippen molar-refractivity contribution in [2.75, 3.05) is 0 Å². The van der Waals surface area contributed by atoms with Gasteiger partial charge in [-0.05, 0) is 24.6 Å². The van der Waals surface area contributed by atoms with Crippen molar-refractivity contribution in [3.8, 4) is 0 Å². The Labute approximate surface area is 91.9 Å². The lowest BCUT2D eigenvalue weighted by atomic mass is 10.1. The number of carbonyl (C=O) groups is 1. The van der Waals surface area contributed by atoms with E-state index in [2.05, 4.69) is 4.84 Å². The molecule has 0 amide bonds. The van der Waals surface area contributed by atoms with Gasteiger partial charge in [0.2, 0.25) is 5.76 Å². The first-order chi connectivity index (χ1) is 7.06. The topological polar surface area (TPSA) is 72.5 Å². The van der Waals surface area contributed by atoms with Gasteiger partial charge < -0.3 is 9.94 Å². The van der Waals surface area contributed by atoms with Gasteiger partial charge in [-0.25, -0.2) is 4.79 Å². The predicted molar refractivity (Wildman–Crippen MR) is 57.0 cm³/mol. The van der Waals surface area contributed by atoms with Gasteiger partial charge >= 0.3 is 5.97 Å². The first-order valence-corrected chi connectivity index (χ1v) is 4.51. The van der Waals surface area contributed by atoms with E-state index in [0.717, 1.165) is 0 Å². The highest BCUT2D eigenvalue weighted by Gasteiger charge is 2.13. The van der Waals surface area contributed by atoms with Crippen molar-refractivity contribution < 1.29 is 14.7 Å². The number of halogens is 1. The summed E-state index contributed by atoms with van der Waals surface area (Å²) in [5.74, 6) is 3.39. The molecule has 0 radical (unpaired) electrons. The summed E-state index contributed by atoms with van der Waals surface area (Å²) in [7, 11) is 0. The summed E-state index contributed by atoms with van der Waals surface area (Å²) in [5.41, 5.74) is 1.14. The summed E-state index contributed by atoms with van der Waals surface area (Å²) in [6.07, 6.45) is 0. The molecule has 0 atom stereocenters. The maximum atomic E-state index is 10.7. The average Bonchev–Trinajstić information content (AvgIpc) is 2.19. The minimum absolute atomic E-state index is 0.280. The Balaban J connectivity index is 3.16. The molecule has 0 aliphatic heterocycles. The molecule has 0 saturated heterocycles. The Morgan fingerprint density at radius 3 is 2.33 bits per heavy atom. The average molecular weight is 228 g/mol. The van der Waals surface area contributed by atoms with E-state index in [1.807, 2.05) is 0 Å². The molecule has 0 aromatic heterocycles. The zero-order valence-electron chi connectivity index (χ0n) is 8.03. The lowest BCUT2D eigenvalue weighted by Crippen LogP contribution is -2.11. The molecule has 80 valence electrons.